The van der Waals surface area contributed by atoms with Gasteiger partial charge in [0.15, 0.2) is 12.6 Å². The molecule has 9 heteroatoms. The fraction of sp³-hybridized carbons (Fsp3) is 0.821. The zero-order valence-electron chi connectivity index (χ0n) is 43.2. The van der Waals surface area contributed by atoms with Crippen molar-refractivity contribution >= 4 is 11.9 Å². The van der Waals surface area contributed by atoms with E-state index in [0.29, 0.717) is 58.4 Å². The topological polar surface area (TPSA) is 110 Å². The number of ether oxygens (including phenoxy) is 6. The number of aliphatic hydroxyl groups is 1. The first-order valence-electron chi connectivity index (χ1n) is 26.5. The van der Waals surface area contributed by atoms with Crippen LogP contribution in [0.5, 0.6) is 0 Å². The summed E-state index contributed by atoms with van der Waals surface area (Å²) in [6.07, 6.45) is 38.9. The van der Waals surface area contributed by atoms with Gasteiger partial charge in [0, 0.05) is 56.7 Å². The summed E-state index contributed by atoms with van der Waals surface area (Å²) >= 11 is 0. The number of carbonyl (C=O) groups is 2. The molecule has 378 valence electrons. The minimum atomic E-state index is -0.443. The molecule has 65 heavy (non-hydrogen) atoms. The van der Waals surface area contributed by atoms with E-state index in [4.69, 9.17) is 28.4 Å². The van der Waals surface area contributed by atoms with Crippen molar-refractivity contribution in [3.05, 3.63) is 48.6 Å². The lowest BCUT2D eigenvalue weighted by Gasteiger charge is -2.57. The second-order valence-corrected chi connectivity index (χ2v) is 19.4. The van der Waals surface area contributed by atoms with Crippen LogP contribution in [-0.2, 0) is 38.0 Å². The van der Waals surface area contributed by atoms with Gasteiger partial charge >= 0.3 is 11.9 Å². The predicted molar refractivity (Wildman–Crippen MR) is 269 cm³/mol. The lowest BCUT2D eigenvalue weighted by Crippen LogP contribution is -2.52. The zero-order chi connectivity index (χ0) is 47.9. The third-order valence-electron chi connectivity index (χ3n) is 12.4. The Hall–Kier alpha value is -2.30. The average Bonchev–Trinajstić information content (AvgIpc) is 3.29. The number of allylic oxidation sites excluding steroid dienone is 8. The van der Waals surface area contributed by atoms with Crippen molar-refractivity contribution in [2.24, 2.45) is 22.2 Å². The van der Waals surface area contributed by atoms with E-state index in [1.165, 1.54) is 0 Å². The Morgan fingerprint density at radius 3 is 1.25 bits per heavy atom. The van der Waals surface area contributed by atoms with E-state index in [2.05, 4.69) is 90.2 Å². The summed E-state index contributed by atoms with van der Waals surface area (Å²) in [5.41, 5.74) is -0.810. The van der Waals surface area contributed by atoms with E-state index in [1.54, 1.807) is 0 Å². The predicted octanol–water partition coefficient (Wildman–Crippen LogP) is 14.5. The van der Waals surface area contributed by atoms with Crippen LogP contribution < -0.4 is 0 Å². The van der Waals surface area contributed by atoms with Gasteiger partial charge < -0.3 is 33.5 Å². The van der Waals surface area contributed by atoms with Gasteiger partial charge in [-0.2, -0.15) is 0 Å². The summed E-state index contributed by atoms with van der Waals surface area (Å²) < 4.78 is 36.8. The Labute approximate surface area is 399 Å². The summed E-state index contributed by atoms with van der Waals surface area (Å²) in [5.74, 6) is -0.141. The second kappa shape index (κ2) is 38.6. The molecule has 0 radical (unpaired) electrons. The molecule has 0 aliphatic heterocycles. The van der Waals surface area contributed by atoms with E-state index >= 15 is 0 Å². The van der Waals surface area contributed by atoms with Crippen LogP contribution in [0.4, 0.5) is 0 Å². The summed E-state index contributed by atoms with van der Waals surface area (Å²) in [4.78, 5) is 26.7. The van der Waals surface area contributed by atoms with Crippen molar-refractivity contribution in [2.45, 2.75) is 228 Å². The van der Waals surface area contributed by atoms with Gasteiger partial charge in [-0.25, -0.2) is 0 Å². The summed E-state index contributed by atoms with van der Waals surface area (Å²) in [6.45, 7) is 20.1. The summed E-state index contributed by atoms with van der Waals surface area (Å²) in [6, 6.07) is 0. The third kappa shape index (κ3) is 29.9. The highest BCUT2D eigenvalue weighted by atomic mass is 16.7. The standard InChI is InChI=1S/C54H94O9.C2H6/c1-7-11-15-19-23-27-35-58-50(59-36-28-24-20-16-12-8-2)33-31-48(56)62-45-53(6)40-47-39-52(5,44-55)42-54(41-47,43-53)46-63-49(57)32-34-51(60-37-29-25-21-17-13-9-3)61-38-30-26-22-18-14-10-4;1-2/h11-18,47,50-51,55H,7-10,19-46H2,1-6H3;1-2H3/b15-11-,16-12-,17-13-,18-14-;. The molecule has 9 nitrogen and oxygen atoms in total. The number of aliphatic hydroxyl groups excluding tert-OH is 1. The molecule has 2 fully saturated rings. The van der Waals surface area contributed by atoms with Gasteiger partial charge in [0.1, 0.15) is 0 Å². The minimum absolute atomic E-state index is 0.0994. The lowest BCUT2D eigenvalue weighted by atomic mass is 9.49. The van der Waals surface area contributed by atoms with Crippen molar-refractivity contribution in [2.75, 3.05) is 46.2 Å². The molecule has 2 rings (SSSR count). The molecule has 2 aliphatic rings. The van der Waals surface area contributed by atoms with Gasteiger partial charge in [-0.05, 0) is 146 Å². The Bertz CT molecular complexity index is 1240. The van der Waals surface area contributed by atoms with Crippen LogP contribution in [0.25, 0.3) is 0 Å². The maximum absolute atomic E-state index is 13.4. The fourth-order valence-corrected chi connectivity index (χ4v) is 9.76. The molecular weight excluding hydrogens is 817 g/mol. The molecule has 2 aliphatic carbocycles. The number of hydrogen-bond acceptors (Lipinski definition) is 9. The highest BCUT2D eigenvalue weighted by molar-refractivity contribution is 5.69. The normalized spacial score (nSPS) is 22.2. The van der Waals surface area contributed by atoms with Crippen LogP contribution in [-0.4, -0.2) is 75.9 Å². The van der Waals surface area contributed by atoms with Crippen LogP contribution in [0.1, 0.15) is 216 Å². The lowest BCUT2D eigenvalue weighted by molar-refractivity contribution is -0.172. The Morgan fingerprint density at radius 1 is 0.523 bits per heavy atom. The van der Waals surface area contributed by atoms with E-state index in [0.717, 1.165) is 135 Å². The van der Waals surface area contributed by atoms with Crippen molar-refractivity contribution in [1.82, 2.24) is 0 Å². The molecule has 0 saturated heterocycles. The van der Waals surface area contributed by atoms with E-state index in [1.807, 2.05) is 13.8 Å². The number of hydrogen-bond donors (Lipinski definition) is 1. The average molecular weight is 917 g/mol. The van der Waals surface area contributed by atoms with Crippen molar-refractivity contribution in [3.63, 3.8) is 0 Å². The van der Waals surface area contributed by atoms with Crippen molar-refractivity contribution in [3.8, 4) is 0 Å². The van der Waals surface area contributed by atoms with Gasteiger partial charge in [-0.1, -0.05) is 104 Å². The minimum Gasteiger partial charge on any atom is -0.465 e. The molecule has 0 amide bonds. The van der Waals surface area contributed by atoms with Gasteiger partial charge in [0.05, 0.1) is 26.1 Å². The zero-order valence-corrected chi connectivity index (χ0v) is 43.2. The number of unbranched alkanes of at least 4 members (excludes halogenated alkanes) is 8. The van der Waals surface area contributed by atoms with Crippen LogP contribution in [0.2, 0.25) is 0 Å². The molecule has 0 aromatic heterocycles. The number of fused-ring (bicyclic) bond motifs is 2. The van der Waals surface area contributed by atoms with E-state index in [-0.39, 0.29) is 47.6 Å². The fourth-order valence-electron chi connectivity index (χ4n) is 9.76. The second-order valence-electron chi connectivity index (χ2n) is 19.4. The quantitative estimate of drug-likeness (QED) is 0.0279. The molecular formula is C56H100O9. The van der Waals surface area contributed by atoms with Crippen LogP contribution in [0, 0.1) is 22.2 Å². The van der Waals surface area contributed by atoms with Gasteiger partial charge in [-0.3, -0.25) is 9.59 Å². The SMILES string of the molecule is CC.CC/C=C\CCCCOC(CCC(=O)OCC1(C)CC2CC(C)(CO)CC(COC(=O)CCC(OCCCC/C=C\CC)OCCCC/C=C\CC)(C2)C1)OCCCC/C=C\CC. The van der Waals surface area contributed by atoms with Gasteiger partial charge in [0.2, 0.25) is 0 Å². The molecule has 0 heterocycles. The highest BCUT2D eigenvalue weighted by Gasteiger charge is 2.54. The maximum Gasteiger partial charge on any atom is 0.305 e. The van der Waals surface area contributed by atoms with E-state index < -0.39 is 12.6 Å². The number of carbonyl (C=O) groups excluding carboxylic acids is 2. The number of rotatable bonds is 39. The molecule has 0 spiro atoms. The molecule has 1 N–H and O–H groups in total. The van der Waals surface area contributed by atoms with Gasteiger partial charge in [0.25, 0.3) is 0 Å². The molecule has 4 unspecified atom stereocenters. The Morgan fingerprint density at radius 2 is 0.877 bits per heavy atom. The van der Waals surface area contributed by atoms with Crippen LogP contribution in [0.3, 0.4) is 0 Å². The summed E-state index contributed by atoms with van der Waals surface area (Å²) in [7, 11) is 0. The number of esters is 2. The molecule has 4 atom stereocenters. The monoisotopic (exact) mass is 917 g/mol. The van der Waals surface area contributed by atoms with Crippen molar-refractivity contribution in [1.29, 1.82) is 0 Å². The molecule has 0 aromatic carbocycles. The maximum atomic E-state index is 13.4. The van der Waals surface area contributed by atoms with Crippen molar-refractivity contribution < 1.29 is 43.1 Å². The van der Waals surface area contributed by atoms with Crippen LogP contribution >= 0.6 is 0 Å². The van der Waals surface area contributed by atoms with Crippen LogP contribution in [0.15, 0.2) is 48.6 Å². The highest BCUT2D eigenvalue weighted by Crippen LogP contribution is 2.60. The molecule has 0 aromatic rings. The summed E-state index contributed by atoms with van der Waals surface area (Å²) in [5, 5.41) is 10.5. The Kier molecular flexibility index (Phi) is 36.1. The van der Waals surface area contributed by atoms with Gasteiger partial charge in [-0.15, -0.1) is 0 Å². The smallest absolute Gasteiger partial charge is 0.305 e. The largest absolute Gasteiger partial charge is 0.465 e. The Balaban J connectivity index is 0.0000104. The first-order chi connectivity index (χ1) is 31.5. The first-order valence-corrected chi connectivity index (χ1v) is 26.5. The first kappa shape index (κ1) is 60.7. The van der Waals surface area contributed by atoms with E-state index in [9.17, 15) is 14.7 Å². The molecule has 2 bridgehead atoms. The third-order valence-corrected chi connectivity index (χ3v) is 12.4. The molecule has 2 saturated carbocycles.